The van der Waals surface area contributed by atoms with Crippen LogP contribution in [0.15, 0.2) is 59.6 Å². The third-order valence-electron chi connectivity index (χ3n) is 7.56. The van der Waals surface area contributed by atoms with E-state index in [0.29, 0.717) is 17.3 Å². The number of thioether (sulfide) groups is 1. The zero-order valence-electron chi connectivity index (χ0n) is 23.6. The second-order valence-corrected chi connectivity index (χ2v) is 11.9. The molecule has 10 heteroatoms. The molecule has 0 bridgehead atoms. The lowest BCUT2D eigenvalue weighted by Crippen LogP contribution is -2.37. The molecule has 2 aliphatic heterocycles. The van der Waals surface area contributed by atoms with Gasteiger partial charge in [-0.05, 0) is 70.2 Å². The van der Waals surface area contributed by atoms with E-state index in [2.05, 4.69) is 49.6 Å². The summed E-state index contributed by atoms with van der Waals surface area (Å²) in [6.45, 7) is 12.0. The molecule has 8 nitrogen and oxygen atoms in total. The number of ether oxygens (including phenoxy) is 1. The van der Waals surface area contributed by atoms with Crippen LogP contribution in [-0.2, 0) is 4.79 Å². The maximum Gasteiger partial charge on any atom is 0.257 e. The Bertz CT molecular complexity index is 1580. The van der Waals surface area contributed by atoms with Gasteiger partial charge in [0.2, 0.25) is 0 Å². The van der Waals surface area contributed by atoms with Crippen LogP contribution >= 0.6 is 23.1 Å². The van der Waals surface area contributed by atoms with Crippen LogP contribution in [0.4, 0.5) is 22.7 Å². The number of carbonyl (C=O) groups excluding carboxylic acids is 1. The van der Waals surface area contributed by atoms with E-state index < -0.39 is 6.04 Å². The van der Waals surface area contributed by atoms with Crippen molar-refractivity contribution in [2.45, 2.75) is 33.7 Å². The van der Waals surface area contributed by atoms with Gasteiger partial charge >= 0.3 is 0 Å². The number of thiazole rings is 1. The molecule has 3 aromatic carbocycles. The van der Waals surface area contributed by atoms with Crippen LogP contribution in [0.3, 0.4) is 0 Å². The van der Waals surface area contributed by atoms with Crippen molar-refractivity contribution in [2.24, 2.45) is 4.99 Å². The number of phenolic OH excluding ortho intramolecular Hbond substituents is 1. The van der Waals surface area contributed by atoms with E-state index in [9.17, 15) is 9.90 Å². The van der Waals surface area contributed by atoms with Crippen LogP contribution in [0.25, 0.3) is 10.2 Å². The summed E-state index contributed by atoms with van der Waals surface area (Å²) in [4.78, 5) is 30.1. The SMILES string of the molecule is CCN(CC)c1ccc2c(c1)Oc1cc(N(CC)CC)ccc1N2C(=O)C1CSC(c2nc3ccc(O)cc3s2)=N1. The average molecular weight is 588 g/mol. The van der Waals surface area contributed by atoms with Crippen molar-refractivity contribution in [3.05, 3.63) is 59.6 Å². The van der Waals surface area contributed by atoms with Crippen LogP contribution in [0, 0.1) is 0 Å². The van der Waals surface area contributed by atoms with Gasteiger partial charge in [-0.3, -0.25) is 14.7 Å². The molecule has 3 heterocycles. The first-order chi connectivity index (χ1) is 19.9. The number of fused-ring (bicyclic) bond motifs is 3. The molecule has 2 aliphatic rings. The van der Waals surface area contributed by atoms with E-state index in [1.54, 1.807) is 34.9 Å². The number of hydrogen-bond acceptors (Lipinski definition) is 9. The summed E-state index contributed by atoms with van der Waals surface area (Å²) >= 11 is 3.02. The Morgan fingerprint density at radius 2 is 1.54 bits per heavy atom. The number of benzene rings is 3. The van der Waals surface area contributed by atoms with Gasteiger partial charge in [0, 0.05) is 55.4 Å². The molecule has 0 saturated heterocycles. The molecular weight excluding hydrogens is 555 g/mol. The fourth-order valence-electron chi connectivity index (χ4n) is 5.37. The van der Waals surface area contributed by atoms with E-state index in [1.165, 1.54) is 11.3 Å². The van der Waals surface area contributed by atoms with E-state index in [-0.39, 0.29) is 11.7 Å². The minimum absolute atomic E-state index is 0.0942. The summed E-state index contributed by atoms with van der Waals surface area (Å²) in [5.74, 6) is 1.97. The monoisotopic (exact) mass is 587 g/mol. The summed E-state index contributed by atoms with van der Waals surface area (Å²) in [6, 6.07) is 16.7. The van der Waals surface area contributed by atoms with Crippen LogP contribution in [-0.4, -0.2) is 59.0 Å². The number of anilines is 4. The highest BCUT2D eigenvalue weighted by Crippen LogP contribution is 2.50. The van der Waals surface area contributed by atoms with Crippen LogP contribution in [0.2, 0.25) is 0 Å². The maximum atomic E-state index is 14.3. The highest BCUT2D eigenvalue weighted by Gasteiger charge is 2.37. The Morgan fingerprint density at radius 1 is 0.927 bits per heavy atom. The fraction of sp³-hybridized carbons (Fsp3) is 0.323. The van der Waals surface area contributed by atoms with Gasteiger partial charge in [-0.15, -0.1) is 23.1 Å². The van der Waals surface area contributed by atoms with Crippen molar-refractivity contribution >= 4 is 67.0 Å². The largest absolute Gasteiger partial charge is 0.508 e. The minimum atomic E-state index is -0.556. The first-order valence-electron chi connectivity index (χ1n) is 14.0. The van der Waals surface area contributed by atoms with Gasteiger partial charge in [0.05, 0.1) is 21.6 Å². The van der Waals surface area contributed by atoms with Crippen molar-refractivity contribution in [2.75, 3.05) is 46.6 Å². The highest BCUT2D eigenvalue weighted by atomic mass is 32.2. The number of aromatic nitrogens is 1. The van der Waals surface area contributed by atoms with E-state index in [4.69, 9.17) is 14.7 Å². The number of hydrogen-bond donors (Lipinski definition) is 1. The second-order valence-electron chi connectivity index (χ2n) is 9.86. The molecule has 1 unspecified atom stereocenters. The topological polar surface area (TPSA) is 81.5 Å². The third-order valence-corrected chi connectivity index (χ3v) is 9.77. The van der Waals surface area contributed by atoms with Crippen molar-refractivity contribution in [1.82, 2.24) is 4.98 Å². The van der Waals surface area contributed by atoms with Crippen molar-refractivity contribution in [1.29, 1.82) is 0 Å². The lowest BCUT2D eigenvalue weighted by atomic mass is 10.1. The van der Waals surface area contributed by atoms with E-state index in [0.717, 1.165) is 69.2 Å². The van der Waals surface area contributed by atoms with Gasteiger partial charge in [0.25, 0.3) is 5.91 Å². The molecule has 41 heavy (non-hydrogen) atoms. The van der Waals surface area contributed by atoms with Gasteiger partial charge in [-0.25, -0.2) is 4.98 Å². The number of carbonyl (C=O) groups is 1. The Kier molecular flexibility index (Phi) is 7.52. The molecule has 1 aromatic heterocycles. The summed E-state index contributed by atoms with van der Waals surface area (Å²) in [5.41, 5.74) is 4.37. The lowest BCUT2D eigenvalue weighted by Gasteiger charge is -2.34. The molecule has 0 radical (unpaired) electrons. The van der Waals surface area contributed by atoms with Crippen molar-refractivity contribution in [3.8, 4) is 17.2 Å². The number of aromatic hydroxyl groups is 1. The molecule has 0 aliphatic carbocycles. The molecule has 212 valence electrons. The van der Waals surface area contributed by atoms with Crippen LogP contribution in [0.5, 0.6) is 17.2 Å². The van der Waals surface area contributed by atoms with Gasteiger partial charge < -0.3 is 19.6 Å². The van der Waals surface area contributed by atoms with Gasteiger partial charge in [-0.2, -0.15) is 0 Å². The van der Waals surface area contributed by atoms with Gasteiger partial charge in [-0.1, -0.05) is 0 Å². The number of nitrogens with zero attached hydrogens (tertiary/aromatic N) is 5. The number of rotatable bonds is 8. The summed E-state index contributed by atoms with van der Waals surface area (Å²) in [5, 5.41) is 11.4. The Hall–Kier alpha value is -3.76. The van der Waals surface area contributed by atoms with Crippen LogP contribution in [0.1, 0.15) is 32.7 Å². The van der Waals surface area contributed by atoms with Crippen LogP contribution < -0.4 is 19.4 Å². The Labute approximate surface area is 248 Å². The Balaban J connectivity index is 1.38. The molecule has 0 spiro atoms. The first-order valence-corrected chi connectivity index (χ1v) is 15.8. The Morgan fingerprint density at radius 3 is 2.12 bits per heavy atom. The molecule has 1 amide bonds. The van der Waals surface area contributed by atoms with Gasteiger partial charge in [0.15, 0.2) is 11.5 Å². The average Bonchev–Trinajstić information content (AvgIpc) is 3.64. The van der Waals surface area contributed by atoms with E-state index >= 15 is 0 Å². The molecule has 1 N–H and O–H groups in total. The van der Waals surface area contributed by atoms with Gasteiger partial charge in [0.1, 0.15) is 21.8 Å². The predicted molar refractivity (Wildman–Crippen MR) is 171 cm³/mol. The molecule has 1 atom stereocenters. The minimum Gasteiger partial charge on any atom is -0.508 e. The second kappa shape index (κ2) is 11.3. The lowest BCUT2D eigenvalue weighted by molar-refractivity contribution is -0.118. The molecular formula is C31H33N5O3S2. The van der Waals surface area contributed by atoms with Crippen molar-refractivity contribution < 1.29 is 14.6 Å². The zero-order chi connectivity index (χ0) is 28.7. The van der Waals surface area contributed by atoms with Crippen molar-refractivity contribution in [3.63, 3.8) is 0 Å². The summed E-state index contributed by atoms with van der Waals surface area (Å²) in [7, 11) is 0. The smallest absolute Gasteiger partial charge is 0.257 e. The third kappa shape index (κ3) is 4.99. The zero-order valence-corrected chi connectivity index (χ0v) is 25.3. The number of amides is 1. The highest BCUT2D eigenvalue weighted by molar-refractivity contribution is 8.15. The predicted octanol–water partition coefficient (Wildman–Crippen LogP) is 7.03. The molecule has 0 fully saturated rings. The summed E-state index contributed by atoms with van der Waals surface area (Å²) in [6.07, 6.45) is 0. The van der Waals surface area contributed by atoms with E-state index in [1.807, 2.05) is 24.3 Å². The molecule has 4 aromatic rings. The maximum absolute atomic E-state index is 14.3. The number of aliphatic imine (C=N–C) groups is 1. The molecule has 6 rings (SSSR count). The summed E-state index contributed by atoms with van der Waals surface area (Å²) < 4.78 is 7.39. The quantitative estimate of drug-likeness (QED) is 0.237. The molecule has 0 saturated carbocycles. The first kappa shape index (κ1) is 27.4. The fourth-order valence-corrected chi connectivity index (χ4v) is 7.46. The normalized spacial score (nSPS) is 15.8. The number of phenols is 1. The standard InChI is InChI=1S/C31H33N5O3S2/c1-5-34(6-2)19-9-13-24-26(15-19)39-27-16-20(35(7-3)8-4)10-14-25(27)36(24)31(38)23-18-40-29(33-23)30-32-22-12-11-21(37)17-28(22)41-30/h9-17,23,37H,5-8,18H2,1-4H3.